The standard InChI is InChI=1S/C13H17N3O4S/c1-3-5-15-19-6-4-13(2,20-15)16-11(17)8-7-21-10(14)9(8)12(16)18/h7H,3-6,14H2,1-2H3. The van der Waals surface area contributed by atoms with E-state index in [1.807, 2.05) is 6.92 Å². The van der Waals surface area contributed by atoms with E-state index in [1.54, 1.807) is 12.3 Å². The Hall–Kier alpha value is -1.48. The summed E-state index contributed by atoms with van der Waals surface area (Å²) in [6, 6.07) is 0. The van der Waals surface area contributed by atoms with Gasteiger partial charge in [-0.25, -0.2) is 9.74 Å². The van der Waals surface area contributed by atoms with E-state index in [1.165, 1.54) is 16.6 Å². The zero-order chi connectivity index (χ0) is 15.2. The first-order chi connectivity index (χ1) is 9.98. The number of thiophene rings is 1. The lowest BCUT2D eigenvalue weighted by Crippen LogP contribution is -2.58. The van der Waals surface area contributed by atoms with E-state index < -0.39 is 11.6 Å². The van der Waals surface area contributed by atoms with E-state index in [2.05, 4.69) is 0 Å². The van der Waals surface area contributed by atoms with Crippen molar-refractivity contribution in [1.82, 2.24) is 10.1 Å². The number of hydroxylamine groups is 2. The SMILES string of the molecule is CCCN1OCCC(C)(N2C(=O)c3csc(N)c3C2=O)O1. The van der Waals surface area contributed by atoms with E-state index >= 15 is 0 Å². The molecule has 1 saturated heterocycles. The second kappa shape index (κ2) is 5.06. The molecule has 8 heteroatoms. The molecule has 7 nitrogen and oxygen atoms in total. The number of imide groups is 1. The molecule has 2 aliphatic rings. The van der Waals surface area contributed by atoms with Crippen LogP contribution in [0.1, 0.15) is 47.4 Å². The Morgan fingerprint density at radius 1 is 1.43 bits per heavy atom. The highest BCUT2D eigenvalue weighted by Crippen LogP contribution is 2.39. The third-order valence-electron chi connectivity index (χ3n) is 3.65. The van der Waals surface area contributed by atoms with Gasteiger partial charge in [-0.15, -0.1) is 11.3 Å². The molecule has 0 saturated carbocycles. The zero-order valence-corrected chi connectivity index (χ0v) is 12.7. The molecule has 0 radical (unpaired) electrons. The fourth-order valence-electron chi connectivity index (χ4n) is 2.58. The van der Waals surface area contributed by atoms with Crippen LogP contribution in [0.3, 0.4) is 0 Å². The quantitative estimate of drug-likeness (QED) is 0.854. The summed E-state index contributed by atoms with van der Waals surface area (Å²) in [6.07, 6.45) is 1.25. The number of carbonyl (C=O) groups is 2. The van der Waals surface area contributed by atoms with Crippen LogP contribution in [0.15, 0.2) is 5.38 Å². The van der Waals surface area contributed by atoms with Crippen molar-refractivity contribution in [3.63, 3.8) is 0 Å². The molecule has 21 heavy (non-hydrogen) atoms. The van der Waals surface area contributed by atoms with Crippen molar-refractivity contribution in [3.05, 3.63) is 16.5 Å². The summed E-state index contributed by atoms with van der Waals surface area (Å²) in [5.74, 6) is -0.751. The van der Waals surface area contributed by atoms with Crippen molar-refractivity contribution in [2.24, 2.45) is 0 Å². The van der Waals surface area contributed by atoms with Crippen LogP contribution in [0, 0.1) is 0 Å². The molecule has 0 aliphatic carbocycles. The van der Waals surface area contributed by atoms with Gasteiger partial charge in [-0.3, -0.25) is 14.4 Å². The maximum Gasteiger partial charge on any atom is 0.266 e. The van der Waals surface area contributed by atoms with Crippen LogP contribution in [0.2, 0.25) is 0 Å². The number of fused-ring (bicyclic) bond motifs is 1. The smallest absolute Gasteiger partial charge is 0.266 e. The lowest BCUT2D eigenvalue weighted by Gasteiger charge is -2.43. The van der Waals surface area contributed by atoms with Gasteiger partial charge in [0.25, 0.3) is 11.8 Å². The number of hydrogen-bond donors (Lipinski definition) is 1. The molecule has 1 atom stereocenters. The van der Waals surface area contributed by atoms with Gasteiger partial charge in [0, 0.05) is 11.8 Å². The Balaban J connectivity index is 1.90. The number of hydrogen-bond acceptors (Lipinski definition) is 7. The largest absolute Gasteiger partial charge is 0.390 e. The second-order valence-corrected chi connectivity index (χ2v) is 6.15. The van der Waals surface area contributed by atoms with E-state index in [0.29, 0.717) is 35.7 Å². The molecule has 1 fully saturated rings. The summed E-state index contributed by atoms with van der Waals surface area (Å²) in [5.41, 5.74) is 5.40. The van der Waals surface area contributed by atoms with Crippen molar-refractivity contribution in [3.8, 4) is 0 Å². The van der Waals surface area contributed by atoms with Crippen molar-refractivity contribution < 1.29 is 19.3 Å². The molecule has 2 amide bonds. The molecule has 114 valence electrons. The molecule has 0 spiro atoms. The molecule has 0 aromatic carbocycles. The molecular formula is C13H17N3O4S. The predicted molar refractivity (Wildman–Crippen MR) is 76.3 cm³/mol. The van der Waals surface area contributed by atoms with Gasteiger partial charge in [-0.1, -0.05) is 12.2 Å². The molecular weight excluding hydrogens is 294 g/mol. The Morgan fingerprint density at radius 3 is 2.86 bits per heavy atom. The topological polar surface area (TPSA) is 85.1 Å². The minimum atomic E-state index is -1.05. The van der Waals surface area contributed by atoms with Gasteiger partial charge in [0.1, 0.15) is 0 Å². The maximum atomic E-state index is 12.6. The van der Waals surface area contributed by atoms with Crippen LogP contribution in [0.4, 0.5) is 5.00 Å². The van der Waals surface area contributed by atoms with Crippen molar-refractivity contribution in [2.45, 2.75) is 32.4 Å². The van der Waals surface area contributed by atoms with Gasteiger partial charge in [-0.05, 0) is 13.3 Å². The number of nitrogens with zero attached hydrogens (tertiary/aromatic N) is 2. The first kappa shape index (κ1) is 14.5. The van der Waals surface area contributed by atoms with E-state index in [-0.39, 0.29) is 5.91 Å². The summed E-state index contributed by atoms with van der Waals surface area (Å²) in [6.45, 7) is 4.66. The molecule has 0 bridgehead atoms. The number of nitrogen functional groups attached to an aromatic ring is 1. The monoisotopic (exact) mass is 311 g/mol. The lowest BCUT2D eigenvalue weighted by atomic mass is 10.1. The summed E-state index contributed by atoms with van der Waals surface area (Å²) in [5, 5.41) is 3.34. The molecule has 1 unspecified atom stereocenters. The van der Waals surface area contributed by atoms with Crippen LogP contribution in [0.5, 0.6) is 0 Å². The van der Waals surface area contributed by atoms with E-state index in [4.69, 9.17) is 15.4 Å². The molecule has 2 N–H and O–H groups in total. The Labute approximate surface area is 126 Å². The van der Waals surface area contributed by atoms with Gasteiger partial charge in [0.05, 0.1) is 29.3 Å². The molecule has 3 heterocycles. The number of rotatable bonds is 3. The van der Waals surface area contributed by atoms with Crippen LogP contribution in [-0.2, 0) is 9.68 Å². The van der Waals surface area contributed by atoms with Crippen LogP contribution in [0.25, 0.3) is 0 Å². The van der Waals surface area contributed by atoms with Crippen LogP contribution >= 0.6 is 11.3 Å². The summed E-state index contributed by atoms with van der Waals surface area (Å²) in [4.78, 5) is 37.3. The number of nitrogens with two attached hydrogens (primary N) is 1. The van der Waals surface area contributed by atoms with Crippen LogP contribution < -0.4 is 5.73 Å². The van der Waals surface area contributed by atoms with Crippen molar-refractivity contribution in [1.29, 1.82) is 0 Å². The number of anilines is 1. The average molecular weight is 311 g/mol. The number of carbonyl (C=O) groups excluding carboxylic acids is 2. The third-order valence-corrected chi connectivity index (χ3v) is 4.46. The highest BCUT2D eigenvalue weighted by Gasteiger charge is 2.51. The number of amides is 2. The van der Waals surface area contributed by atoms with Gasteiger partial charge in [-0.2, -0.15) is 0 Å². The zero-order valence-electron chi connectivity index (χ0n) is 11.9. The normalized spacial score (nSPS) is 26.5. The second-order valence-electron chi connectivity index (χ2n) is 5.24. The minimum absolute atomic E-state index is 0.295. The Kier molecular flexibility index (Phi) is 3.48. The van der Waals surface area contributed by atoms with Gasteiger partial charge in [0.15, 0.2) is 5.72 Å². The average Bonchev–Trinajstić information content (AvgIpc) is 2.91. The maximum absolute atomic E-state index is 12.6. The minimum Gasteiger partial charge on any atom is -0.390 e. The molecule has 2 aliphatic heterocycles. The Bertz CT molecular complexity index is 600. The molecule has 1 aromatic heterocycles. The van der Waals surface area contributed by atoms with Crippen molar-refractivity contribution >= 4 is 28.2 Å². The van der Waals surface area contributed by atoms with Gasteiger partial charge < -0.3 is 5.73 Å². The first-order valence-electron chi connectivity index (χ1n) is 6.83. The summed E-state index contributed by atoms with van der Waals surface area (Å²) >= 11 is 1.20. The fourth-order valence-corrected chi connectivity index (χ4v) is 3.36. The summed E-state index contributed by atoms with van der Waals surface area (Å²) in [7, 11) is 0. The van der Waals surface area contributed by atoms with Gasteiger partial charge >= 0.3 is 0 Å². The highest BCUT2D eigenvalue weighted by atomic mass is 32.1. The Morgan fingerprint density at radius 2 is 2.19 bits per heavy atom. The summed E-state index contributed by atoms with van der Waals surface area (Å²) < 4.78 is 0. The highest BCUT2D eigenvalue weighted by molar-refractivity contribution is 7.14. The van der Waals surface area contributed by atoms with E-state index in [0.717, 1.165) is 11.3 Å². The third kappa shape index (κ3) is 2.15. The lowest BCUT2D eigenvalue weighted by molar-refractivity contribution is -0.451. The molecule has 1 aromatic rings. The first-order valence-corrected chi connectivity index (χ1v) is 7.71. The predicted octanol–water partition coefficient (Wildman–Crippen LogP) is 1.62. The van der Waals surface area contributed by atoms with Gasteiger partial charge in [0.2, 0.25) is 0 Å². The van der Waals surface area contributed by atoms with Crippen LogP contribution in [-0.4, -0.2) is 40.8 Å². The molecule has 3 rings (SSSR count). The van der Waals surface area contributed by atoms with Crippen molar-refractivity contribution in [2.75, 3.05) is 18.9 Å². The fraction of sp³-hybridized carbons (Fsp3) is 0.538. The van der Waals surface area contributed by atoms with E-state index in [9.17, 15) is 9.59 Å².